The van der Waals surface area contributed by atoms with Crippen LogP contribution in [0.25, 0.3) is 0 Å². The molecule has 100 valence electrons. The van der Waals surface area contributed by atoms with Crippen LogP contribution in [0, 0.1) is 0 Å². The predicted molar refractivity (Wildman–Crippen MR) is 64.6 cm³/mol. The number of hydrogen-bond acceptors (Lipinski definition) is 5. The van der Waals surface area contributed by atoms with Crippen molar-refractivity contribution in [3.63, 3.8) is 0 Å². The first-order chi connectivity index (χ1) is 8.39. The van der Waals surface area contributed by atoms with Crippen molar-refractivity contribution < 1.29 is 13.2 Å². The summed E-state index contributed by atoms with van der Waals surface area (Å²) in [7, 11) is 0. The summed E-state index contributed by atoms with van der Waals surface area (Å²) in [6.45, 7) is -0.998. The molecule has 0 aromatic carbocycles. The molecule has 18 heavy (non-hydrogen) atoms. The van der Waals surface area contributed by atoms with Gasteiger partial charge in [-0.05, 0) is 19.1 Å². The highest BCUT2D eigenvalue weighted by Crippen LogP contribution is 2.34. The molecule has 1 aromatic rings. The number of aromatic nitrogens is 2. The lowest BCUT2D eigenvalue weighted by Crippen LogP contribution is -2.36. The summed E-state index contributed by atoms with van der Waals surface area (Å²) in [5.41, 5.74) is 5.58. The van der Waals surface area contributed by atoms with E-state index in [0.29, 0.717) is 5.16 Å². The lowest BCUT2D eigenvalue weighted by atomic mass is 10.4. The topological polar surface area (TPSA) is 55.0 Å². The van der Waals surface area contributed by atoms with Crippen LogP contribution in [0.3, 0.4) is 0 Å². The smallest absolute Gasteiger partial charge is 0.383 e. The Morgan fingerprint density at radius 2 is 2.11 bits per heavy atom. The second-order valence-electron chi connectivity index (χ2n) is 4.11. The molecule has 0 spiro atoms. The van der Waals surface area contributed by atoms with Crippen molar-refractivity contribution in [3.8, 4) is 0 Å². The van der Waals surface area contributed by atoms with E-state index in [1.165, 1.54) is 22.7 Å². The number of nitrogens with two attached hydrogens (primary N) is 1. The van der Waals surface area contributed by atoms with Crippen LogP contribution in [0.1, 0.15) is 12.8 Å². The molecule has 0 amide bonds. The molecule has 8 heteroatoms. The van der Waals surface area contributed by atoms with Crippen molar-refractivity contribution >= 4 is 23.4 Å². The largest absolute Gasteiger partial charge is 0.405 e. The van der Waals surface area contributed by atoms with Gasteiger partial charge in [0, 0.05) is 12.1 Å². The lowest BCUT2D eigenvalue weighted by molar-refractivity contribution is -0.120. The Bertz CT molecular complexity index is 434. The molecule has 0 aliphatic heterocycles. The average molecular weight is 278 g/mol. The molecule has 0 radical (unpaired) electrons. The number of nitrogen functional groups attached to an aromatic ring is 1. The zero-order valence-electron chi connectivity index (χ0n) is 9.74. The number of thioether (sulfide) groups is 1. The van der Waals surface area contributed by atoms with Crippen LogP contribution in [0.15, 0.2) is 11.2 Å². The van der Waals surface area contributed by atoms with Gasteiger partial charge in [-0.25, -0.2) is 9.97 Å². The molecule has 1 aliphatic rings. The molecular weight excluding hydrogens is 265 g/mol. The third kappa shape index (κ3) is 3.41. The zero-order chi connectivity index (χ0) is 13.3. The zero-order valence-corrected chi connectivity index (χ0v) is 10.6. The van der Waals surface area contributed by atoms with E-state index in [-0.39, 0.29) is 17.7 Å². The fourth-order valence-corrected chi connectivity index (χ4v) is 2.03. The monoisotopic (exact) mass is 278 g/mol. The number of anilines is 2. The van der Waals surface area contributed by atoms with Gasteiger partial charge in [0.15, 0.2) is 5.16 Å². The summed E-state index contributed by atoms with van der Waals surface area (Å²) in [4.78, 5) is 9.29. The number of nitrogens with zero attached hydrogens (tertiary/aromatic N) is 3. The maximum Gasteiger partial charge on any atom is 0.405 e. The van der Waals surface area contributed by atoms with E-state index in [9.17, 15) is 13.2 Å². The van der Waals surface area contributed by atoms with Crippen LogP contribution >= 0.6 is 11.8 Å². The second kappa shape index (κ2) is 4.83. The lowest BCUT2D eigenvalue weighted by Gasteiger charge is -2.25. The van der Waals surface area contributed by atoms with E-state index in [2.05, 4.69) is 9.97 Å². The maximum atomic E-state index is 12.5. The Morgan fingerprint density at radius 3 is 2.61 bits per heavy atom. The molecule has 2 rings (SSSR count). The van der Waals surface area contributed by atoms with Crippen molar-refractivity contribution in [2.75, 3.05) is 23.4 Å². The van der Waals surface area contributed by atoms with Gasteiger partial charge in [0.2, 0.25) is 0 Å². The summed E-state index contributed by atoms with van der Waals surface area (Å²) >= 11 is 1.25. The van der Waals surface area contributed by atoms with Gasteiger partial charge in [-0.2, -0.15) is 13.2 Å². The third-order valence-electron chi connectivity index (χ3n) is 2.53. The van der Waals surface area contributed by atoms with E-state index in [1.54, 1.807) is 6.26 Å². The van der Waals surface area contributed by atoms with E-state index in [0.717, 1.165) is 12.8 Å². The van der Waals surface area contributed by atoms with Crippen molar-refractivity contribution in [3.05, 3.63) is 6.07 Å². The van der Waals surface area contributed by atoms with Gasteiger partial charge in [-0.3, -0.25) is 0 Å². The highest BCUT2D eigenvalue weighted by atomic mass is 32.2. The molecule has 4 nitrogen and oxygen atoms in total. The SMILES string of the molecule is CSc1nc(N)cc(N(CC(F)(F)F)C2CC2)n1. The fourth-order valence-electron chi connectivity index (χ4n) is 1.65. The standard InChI is InChI=1S/C10H13F3N4S/c1-18-9-15-7(14)4-8(16-9)17(6-2-3-6)5-10(11,12)13/h4,6H,2-3,5H2,1H3,(H2,14,15,16). The summed E-state index contributed by atoms with van der Waals surface area (Å²) in [5.74, 6) is 0.448. The third-order valence-corrected chi connectivity index (χ3v) is 3.07. The minimum atomic E-state index is -4.25. The maximum absolute atomic E-state index is 12.5. The molecule has 0 saturated heterocycles. The fraction of sp³-hybridized carbons (Fsp3) is 0.600. The molecule has 1 heterocycles. The van der Waals surface area contributed by atoms with E-state index in [4.69, 9.17) is 5.73 Å². The van der Waals surface area contributed by atoms with Gasteiger partial charge in [0.05, 0.1) is 0 Å². The van der Waals surface area contributed by atoms with Crippen LogP contribution in [0.4, 0.5) is 24.8 Å². The molecule has 1 aliphatic carbocycles. The Morgan fingerprint density at radius 1 is 1.44 bits per heavy atom. The van der Waals surface area contributed by atoms with Crippen LogP contribution in [-0.2, 0) is 0 Å². The first-order valence-electron chi connectivity index (χ1n) is 5.41. The Balaban J connectivity index is 2.27. The Kier molecular flexibility index (Phi) is 3.56. The first-order valence-corrected chi connectivity index (χ1v) is 6.63. The van der Waals surface area contributed by atoms with Gasteiger partial charge in [-0.1, -0.05) is 11.8 Å². The predicted octanol–water partition coefficient (Wildman–Crippen LogP) is 2.31. The molecule has 1 fully saturated rings. The molecule has 0 atom stereocenters. The van der Waals surface area contributed by atoms with Gasteiger partial charge in [0.1, 0.15) is 18.2 Å². The molecule has 0 bridgehead atoms. The van der Waals surface area contributed by atoms with Gasteiger partial charge in [0.25, 0.3) is 0 Å². The first kappa shape index (κ1) is 13.3. The van der Waals surface area contributed by atoms with Crippen LogP contribution < -0.4 is 10.6 Å². The van der Waals surface area contributed by atoms with E-state index < -0.39 is 12.7 Å². The second-order valence-corrected chi connectivity index (χ2v) is 4.89. The van der Waals surface area contributed by atoms with Crippen molar-refractivity contribution in [1.82, 2.24) is 9.97 Å². The molecule has 0 unspecified atom stereocenters. The van der Waals surface area contributed by atoms with Gasteiger partial charge < -0.3 is 10.6 Å². The number of alkyl halides is 3. The molecule has 2 N–H and O–H groups in total. The van der Waals surface area contributed by atoms with Crippen molar-refractivity contribution in [2.45, 2.75) is 30.2 Å². The number of halogens is 3. The van der Waals surface area contributed by atoms with Crippen molar-refractivity contribution in [1.29, 1.82) is 0 Å². The molecular formula is C10H13F3N4S. The van der Waals surface area contributed by atoms with E-state index >= 15 is 0 Å². The molecule has 1 aromatic heterocycles. The average Bonchev–Trinajstić information content (AvgIpc) is 3.07. The Labute approximate surface area is 107 Å². The van der Waals surface area contributed by atoms with Crippen LogP contribution in [0.2, 0.25) is 0 Å². The van der Waals surface area contributed by atoms with Crippen molar-refractivity contribution in [2.24, 2.45) is 0 Å². The van der Waals surface area contributed by atoms with E-state index in [1.807, 2.05) is 0 Å². The minimum Gasteiger partial charge on any atom is -0.383 e. The summed E-state index contributed by atoms with van der Waals surface area (Å²) < 4.78 is 37.6. The quantitative estimate of drug-likeness (QED) is 0.676. The Hall–Kier alpha value is -1.18. The molecule has 1 saturated carbocycles. The van der Waals surface area contributed by atoms with Gasteiger partial charge >= 0.3 is 6.18 Å². The normalized spacial score (nSPS) is 15.8. The summed E-state index contributed by atoms with van der Waals surface area (Å²) in [6.07, 6.45) is -0.977. The number of hydrogen-bond donors (Lipinski definition) is 1. The number of rotatable bonds is 4. The highest BCUT2D eigenvalue weighted by Gasteiger charge is 2.39. The summed E-state index contributed by atoms with van der Waals surface area (Å²) in [5, 5.41) is 0.387. The minimum absolute atomic E-state index is 0.0874. The van der Waals surface area contributed by atoms with Crippen LogP contribution in [-0.4, -0.2) is 35.0 Å². The van der Waals surface area contributed by atoms with Gasteiger partial charge in [-0.15, -0.1) is 0 Å². The van der Waals surface area contributed by atoms with Crippen LogP contribution in [0.5, 0.6) is 0 Å². The highest BCUT2D eigenvalue weighted by molar-refractivity contribution is 7.98. The summed E-state index contributed by atoms with van der Waals surface area (Å²) in [6, 6.07) is 1.31.